The minimum absolute atomic E-state index is 1.02. The van der Waals surface area contributed by atoms with Crippen molar-refractivity contribution in [2.45, 2.75) is 25.8 Å². The first-order chi connectivity index (χ1) is 12.4. The summed E-state index contributed by atoms with van der Waals surface area (Å²) in [6.07, 6.45) is 9.76. The van der Waals surface area contributed by atoms with Crippen molar-refractivity contribution < 1.29 is 4.57 Å². The summed E-state index contributed by atoms with van der Waals surface area (Å²) in [5.74, 6) is 0. The van der Waals surface area contributed by atoms with E-state index in [2.05, 4.69) is 94.9 Å². The van der Waals surface area contributed by atoms with Gasteiger partial charge in [-0.1, -0.05) is 48.5 Å². The molecule has 0 spiro atoms. The van der Waals surface area contributed by atoms with Crippen LogP contribution in [0.15, 0.2) is 85.3 Å². The van der Waals surface area contributed by atoms with Gasteiger partial charge >= 0.3 is 0 Å². The number of H-pyrrole nitrogens is 1. The first kappa shape index (κ1) is 15.6. The van der Waals surface area contributed by atoms with Crippen LogP contribution < -0.4 is 4.57 Å². The van der Waals surface area contributed by atoms with Crippen LogP contribution in [0.2, 0.25) is 0 Å². The summed E-state index contributed by atoms with van der Waals surface area (Å²) in [6.45, 7) is 1.02. The average molecular weight is 327 g/mol. The number of hydrogen-bond donors (Lipinski definition) is 1. The van der Waals surface area contributed by atoms with Crippen molar-refractivity contribution in [3.05, 3.63) is 102 Å². The van der Waals surface area contributed by atoms with Gasteiger partial charge in [0.25, 0.3) is 0 Å². The Morgan fingerprint density at radius 3 is 2.24 bits per heavy atom. The molecule has 0 bridgehead atoms. The highest BCUT2D eigenvalue weighted by Crippen LogP contribution is 2.19. The van der Waals surface area contributed by atoms with Crippen molar-refractivity contribution in [2.24, 2.45) is 0 Å². The standard InChI is InChI=1S/C23H23N2/c1-2-6-19(7-3-1)12-15-25-16-13-20(14-17-25)10-11-21-18-24-23-9-5-4-8-22(21)23/h1-9,13-14,16-18,24H,10-12,15H2/q+1. The van der Waals surface area contributed by atoms with Gasteiger partial charge in [-0.05, 0) is 35.6 Å². The Hall–Kier alpha value is -2.87. The van der Waals surface area contributed by atoms with E-state index in [1.165, 1.54) is 27.6 Å². The van der Waals surface area contributed by atoms with Crippen LogP contribution in [0.5, 0.6) is 0 Å². The Morgan fingerprint density at radius 1 is 0.680 bits per heavy atom. The number of pyridine rings is 1. The molecule has 4 rings (SSSR count). The normalized spacial score (nSPS) is 11.0. The van der Waals surface area contributed by atoms with Crippen LogP contribution in [0, 0.1) is 0 Å². The predicted octanol–water partition coefficient (Wildman–Crippen LogP) is 4.48. The van der Waals surface area contributed by atoms with E-state index in [1.54, 1.807) is 0 Å². The minimum atomic E-state index is 1.02. The third-order valence-electron chi connectivity index (χ3n) is 4.82. The van der Waals surface area contributed by atoms with Crippen LogP contribution >= 0.6 is 0 Å². The van der Waals surface area contributed by atoms with Crippen molar-refractivity contribution in [2.75, 3.05) is 0 Å². The second kappa shape index (κ2) is 7.35. The molecule has 0 saturated carbocycles. The molecule has 124 valence electrons. The molecule has 25 heavy (non-hydrogen) atoms. The van der Waals surface area contributed by atoms with Gasteiger partial charge < -0.3 is 4.98 Å². The number of rotatable bonds is 6. The number of nitrogens with one attached hydrogen (secondary N) is 1. The molecule has 2 aromatic carbocycles. The van der Waals surface area contributed by atoms with E-state index in [1.807, 2.05) is 0 Å². The Kier molecular flexibility index (Phi) is 4.60. The molecule has 0 amide bonds. The zero-order valence-corrected chi connectivity index (χ0v) is 14.4. The fourth-order valence-corrected chi connectivity index (χ4v) is 3.32. The first-order valence-electron chi connectivity index (χ1n) is 8.95. The molecule has 0 radical (unpaired) electrons. The van der Waals surface area contributed by atoms with E-state index in [0.717, 1.165) is 25.8 Å². The topological polar surface area (TPSA) is 19.7 Å². The smallest absolute Gasteiger partial charge is 0.169 e. The molecular weight excluding hydrogens is 304 g/mol. The highest BCUT2D eigenvalue weighted by Gasteiger charge is 2.05. The van der Waals surface area contributed by atoms with Crippen molar-refractivity contribution in [1.82, 2.24) is 4.98 Å². The molecule has 2 heteroatoms. The summed E-state index contributed by atoms with van der Waals surface area (Å²) < 4.78 is 2.27. The molecule has 0 atom stereocenters. The van der Waals surface area contributed by atoms with Crippen molar-refractivity contribution >= 4 is 10.9 Å². The number of hydrogen-bond acceptors (Lipinski definition) is 0. The Morgan fingerprint density at radius 2 is 1.40 bits per heavy atom. The SMILES string of the molecule is c1ccc(CC[n+]2ccc(CCc3c[nH]c4ccccc34)cc2)cc1. The minimum Gasteiger partial charge on any atom is -0.361 e. The van der Waals surface area contributed by atoms with Crippen LogP contribution in [0.1, 0.15) is 16.7 Å². The molecule has 0 saturated heterocycles. The molecule has 0 aliphatic rings. The lowest BCUT2D eigenvalue weighted by Gasteiger charge is -2.02. The van der Waals surface area contributed by atoms with Gasteiger partial charge in [-0.15, -0.1) is 0 Å². The van der Waals surface area contributed by atoms with E-state index < -0.39 is 0 Å². The highest BCUT2D eigenvalue weighted by atomic mass is 14.9. The molecule has 0 unspecified atom stereocenters. The zero-order valence-electron chi connectivity index (χ0n) is 14.4. The van der Waals surface area contributed by atoms with Gasteiger partial charge in [-0.2, -0.15) is 0 Å². The van der Waals surface area contributed by atoms with Gasteiger partial charge in [0.05, 0.1) is 0 Å². The van der Waals surface area contributed by atoms with Gasteiger partial charge in [0.1, 0.15) is 0 Å². The van der Waals surface area contributed by atoms with Gasteiger partial charge in [0, 0.05) is 35.7 Å². The van der Waals surface area contributed by atoms with Gasteiger partial charge in [0.15, 0.2) is 18.9 Å². The number of aromatic amines is 1. The number of nitrogens with zero attached hydrogens (tertiary/aromatic N) is 1. The third-order valence-corrected chi connectivity index (χ3v) is 4.82. The lowest BCUT2D eigenvalue weighted by molar-refractivity contribution is -0.696. The molecule has 2 nitrogen and oxygen atoms in total. The van der Waals surface area contributed by atoms with Gasteiger partial charge in [0.2, 0.25) is 0 Å². The van der Waals surface area contributed by atoms with E-state index in [-0.39, 0.29) is 0 Å². The van der Waals surface area contributed by atoms with Crippen LogP contribution in [-0.2, 0) is 25.8 Å². The number of para-hydroxylation sites is 1. The van der Waals surface area contributed by atoms with Crippen LogP contribution in [0.25, 0.3) is 10.9 Å². The van der Waals surface area contributed by atoms with E-state index >= 15 is 0 Å². The molecule has 0 fully saturated rings. The Bertz CT molecular complexity index is 937. The second-order valence-electron chi connectivity index (χ2n) is 6.54. The van der Waals surface area contributed by atoms with E-state index in [0.29, 0.717) is 0 Å². The fourth-order valence-electron chi connectivity index (χ4n) is 3.32. The van der Waals surface area contributed by atoms with E-state index in [9.17, 15) is 0 Å². The number of aromatic nitrogens is 2. The molecule has 4 aromatic rings. The second-order valence-corrected chi connectivity index (χ2v) is 6.54. The lowest BCUT2D eigenvalue weighted by atomic mass is 10.0. The Labute approximate surface area is 148 Å². The van der Waals surface area contributed by atoms with E-state index in [4.69, 9.17) is 0 Å². The molecular formula is C23H23N2+. The highest BCUT2D eigenvalue weighted by molar-refractivity contribution is 5.83. The molecule has 2 heterocycles. The summed E-state index contributed by atoms with van der Waals surface area (Å²) in [5.41, 5.74) is 5.40. The molecule has 2 aromatic heterocycles. The molecule has 0 aliphatic heterocycles. The summed E-state index contributed by atoms with van der Waals surface area (Å²) in [5, 5.41) is 1.34. The number of aryl methyl sites for hydroxylation is 4. The van der Waals surface area contributed by atoms with Crippen molar-refractivity contribution in [3.63, 3.8) is 0 Å². The third kappa shape index (κ3) is 3.80. The van der Waals surface area contributed by atoms with Crippen LogP contribution in [-0.4, -0.2) is 4.98 Å². The Balaban J connectivity index is 1.36. The average Bonchev–Trinajstić information content (AvgIpc) is 3.10. The monoisotopic (exact) mass is 327 g/mol. The molecule has 0 aliphatic carbocycles. The van der Waals surface area contributed by atoms with Crippen molar-refractivity contribution in [3.8, 4) is 0 Å². The maximum absolute atomic E-state index is 3.36. The summed E-state index contributed by atoms with van der Waals surface area (Å²) >= 11 is 0. The quantitative estimate of drug-likeness (QED) is 0.504. The predicted molar refractivity (Wildman–Crippen MR) is 102 cm³/mol. The lowest BCUT2D eigenvalue weighted by Crippen LogP contribution is -2.33. The molecule has 1 N–H and O–H groups in total. The summed E-state index contributed by atoms with van der Waals surface area (Å²) in [7, 11) is 0. The zero-order chi connectivity index (χ0) is 16.9. The largest absolute Gasteiger partial charge is 0.361 e. The number of fused-ring (bicyclic) bond motifs is 1. The first-order valence-corrected chi connectivity index (χ1v) is 8.95. The maximum Gasteiger partial charge on any atom is 0.169 e. The number of benzene rings is 2. The van der Waals surface area contributed by atoms with Crippen molar-refractivity contribution in [1.29, 1.82) is 0 Å². The summed E-state index contributed by atoms with van der Waals surface area (Å²) in [6, 6.07) is 23.7. The summed E-state index contributed by atoms with van der Waals surface area (Å²) in [4.78, 5) is 3.36. The maximum atomic E-state index is 3.36. The van der Waals surface area contributed by atoms with Crippen LogP contribution in [0.4, 0.5) is 0 Å². The fraction of sp³-hybridized carbons (Fsp3) is 0.174. The van der Waals surface area contributed by atoms with Gasteiger partial charge in [-0.3, -0.25) is 0 Å². The van der Waals surface area contributed by atoms with Crippen LogP contribution in [0.3, 0.4) is 0 Å². The van der Waals surface area contributed by atoms with Gasteiger partial charge in [-0.25, -0.2) is 4.57 Å².